The molecule has 178 valence electrons. The number of carboxylic acid groups (broad SMARTS) is 1. The van der Waals surface area contributed by atoms with Gasteiger partial charge in [-0.05, 0) is 53.3 Å². The predicted molar refractivity (Wildman–Crippen MR) is 132 cm³/mol. The molecule has 0 unspecified atom stereocenters. The Bertz CT molecular complexity index is 1270. The highest BCUT2D eigenvalue weighted by atomic mass is 35.5. The molecular formula is C27H23ClN2O5. The van der Waals surface area contributed by atoms with Crippen molar-refractivity contribution in [2.45, 2.75) is 24.8 Å². The standard InChI is InChI=1S/C27H23ClN2O5/c28-23-13-15(25(31)29-17-11-16(12-17)26(32)33)9-10-24(23)30-27(34)35-14-22-20-7-3-1-5-18(20)19-6-2-4-8-21(19)22/h1-10,13,16-17,22H,11-12,14H2,(H,29,31)(H,30,34)(H,32,33). The quantitative estimate of drug-likeness (QED) is 0.435. The van der Waals surface area contributed by atoms with Crippen molar-refractivity contribution in [2.75, 3.05) is 11.9 Å². The average molecular weight is 491 g/mol. The van der Waals surface area contributed by atoms with Crippen LogP contribution in [0.15, 0.2) is 66.7 Å². The third-order valence-corrected chi connectivity index (χ3v) is 6.95. The topological polar surface area (TPSA) is 105 Å². The molecule has 0 aromatic heterocycles. The summed E-state index contributed by atoms with van der Waals surface area (Å²) in [6.07, 6.45) is 0.187. The molecule has 7 nitrogen and oxygen atoms in total. The second-order valence-electron chi connectivity index (χ2n) is 8.82. The Hall–Kier alpha value is -3.84. The van der Waals surface area contributed by atoms with E-state index in [0.717, 1.165) is 22.3 Å². The van der Waals surface area contributed by atoms with E-state index in [2.05, 4.69) is 22.8 Å². The van der Waals surface area contributed by atoms with Crippen LogP contribution in [-0.2, 0) is 9.53 Å². The summed E-state index contributed by atoms with van der Waals surface area (Å²) in [6, 6.07) is 20.6. The zero-order valence-electron chi connectivity index (χ0n) is 18.7. The Labute approximate surface area is 207 Å². The predicted octanol–water partition coefficient (Wildman–Crippen LogP) is 5.29. The number of nitrogens with one attached hydrogen (secondary N) is 2. The highest BCUT2D eigenvalue weighted by molar-refractivity contribution is 6.34. The maximum atomic E-state index is 12.5. The van der Waals surface area contributed by atoms with Crippen molar-refractivity contribution in [3.05, 3.63) is 88.4 Å². The van der Waals surface area contributed by atoms with E-state index >= 15 is 0 Å². The summed E-state index contributed by atoms with van der Waals surface area (Å²) >= 11 is 6.30. The Kier molecular flexibility index (Phi) is 6.17. The third kappa shape index (κ3) is 4.59. The van der Waals surface area contributed by atoms with E-state index in [9.17, 15) is 14.4 Å². The minimum atomic E-state index is -0.845. The maximum Gasteiger partial charge on any atom is 0.411 e. The van der Waals surface area contributed by atoms with Gasteiger partial charge in [0.1, 0.15) is 6.61 Å². The first-order chi connectivity index (χ1) is 16.9. The number of aliphatic carboxylic acids is 1. The molecule has 1 fully saturated rings. The highest BCUT2D eigenvalue weighted by Crippen LogP contribution is 2.44. The summed E-state index contributed by atoms with van der Waals surface area (Å²) in [5.41, 5.74) is 5.19. The van der Waals surface area contributed by atoms with E-state index in [-0.39, 0.29) is 29.5 Å². The molecule has 5 rings (SSSR count). The van der Waals surface area contributed by atoms with E-state index < -0.39 is 18.0 Å². The average Bonchev–Trinajstić information content (AvgIpc) is 3.14. The monoisotopic (exact) mass is 490 g/mol. The lowest BCUT2D eigenvalue weighted by Crippen LogP contribution is -2.46. The van der Waals surface area contributed by atoms with E-state index in [1.165, 1.54) is 6.07 Å². The van der Waals surface area contributed by atoms with Gasteiger partial charge in [-0.3, -0.25) is 14.9 Å². The molecule has 0 atom stereocenters. The number of anilines is 1. The number of amides is 2. The number of hydrogen-bond acceptors (Lipinski definition) is 4. The molecule has 2 aliphatic carbocycles. The van der Waals surface area contributed by atoms with Crippen LogP contribution < -0.4 is 10.6 Å². The second-order valence-corrected chi connectivity index (χ2v) is 9.23. The van der Waals surface area contributed by atoms with Crippen LogP contribution in [0.4, 0.5) is 10.5 Å². The van der Waals surface area contributed by atoms with Crippen LogP contribution in [0.2, 0.25) is 5.02 Å². The molecule has 2 amide bonds. The molecule has 3 aromatic carbocycles. The van der Waals surface area contributed by atoms with Crippen LogP contribution in [0, 0.1) is 5.92 Å². The van der Waals surface area contributed by atoms with E-state index in [0.29, 0.717) is 24.1 Å². The van der Waals surface area contributed by atoms with Crippen molar-refractivity contribution in [3.63, 3.8) is 0 Å². The third-order valence-electron chi connectivity index (χ3n) is 6.63. The molecule has 3 N–H and O–H groups in total. The first kappa shape index (κ1) is 22.9. The number of hydrogen-bond donors (Lipinski definition) is 3. The van der Waals surface area contributed by atoms with Gasteiger partial charge in [0, 0.05) is 17.5 Å². The lowest BCUT2D eigenvalue weighted by atomic mass is 9.80. The van der Waals surface area contributed by atoms with E-state index in [1.54, 1.807) is 12.1 Å². The normalized spacial score (nSPS) is 18.1. The van der Waals surface area contributed by atoms with Crippen LogP contribution in [0.5, 0.6) is 0 Å². The number of carbonyl (C=O) groups excluding carboxylic acids is 2. The summed E-state index contributed by atoms with van der Waals surface area (Å²) in [5, 5.41) is 14.6. The number of carboxylic acids is 1. The summed E-state index contributed by atoms with van der Waals surface area (Å²) in [4.78, 5) is 35.9. The molecule has 1 saturated carbocycles. The molecule has 0 aliphatic heterocycles. The summed E-state index contributed by atoms with van der Waals surface area (Å²) in [5.74, 6) is -1.65. The number of fused-ring (bicyclic) bond motifs is 3. The van der Waals surface area contributed by atoms with Crippen molar-refractivity contribution >= 4 is 35.3 Å². The molecule has 8 heteroatoms. The smallest absolute Gasteiger partial charge is 0.411 e. The molecule has 0 bridgehead atoms. The largest absolute Gasteiger partial charge is 0.481 e. The fraction of sp³-hybridized carbons (Fsp3) is 0.222. The van der Waals surface area contributed by atoms with Gasteiger partial charge in [0.2, 0.25) is 0 Å². The Morgan fingerprint density at radius 2 is 1.57 bits per heavy atom. The first-order valence-corrected chi connectivity index (χ1v) is 11.7. The van der Waals surface area contributed by atoms with Gasteiger partial charge < -0.3 is 15.2 Å². The van der Waals surface area contributed by atoms with Crippen molar-refractivity contribution in [3.8, 4) is 11.1 Å². The van der Waals surface area contributed by atoms with Gasteiger partial charge in [0.05, 0.1) is 16.6 Å². The number of rotatable bonds is 6. The SMILES string of the molecule is O=C(Nc1ccc(C(=O)NC2CC(C(=O)O)C2)cc1Cl)OCC1c2ccccc2-c2ccccc21. The van der Waals surface area contributed by atoms with Gasteiger partial charge in [0.25, 0.3) is 5.91 Å². The fourth-order valence-corrected chi connectivity index (χ4v) is 4.94. The number of halogens is 1. The molecule has 2 aliphatic rings. The first-order valence-electron chi connectivity index (χ1n) is 11.4. The summed E-state index contributed by atoms with van der Waals surface area (Å²) < 4.78 is 5.54. The molecule has 3 aromatic rings. The molecule has 0 spiro atoms. The minimum Gasteiger partial charge on any atom is -0.481 e. The van der Waals surface area contributed by atoms with Crippen LogP contribution in [0.1, 0.15) is 40.2 Å². The zero-order chi connectivity index (χ0) is 24.5. The summed E-state index contributed by atoms with van der Waals surface area (Å²) in [6.45, 7) is 0.177. The fourth-order valence-electron chi connectivity index (χ4n) is 4.71. The van der Waals surface area contributed by atoms with Crippen molar-refractivity contribution < 1.29 is 24.2 Å². The Morgan fingerprint density at radius 3 is 2.17 bits per heavy atom. The van der Waals surface area contributed by atoms with E-state index in [1.807, 2.05) is 36.4 Å². The minimum absolute atomic E-state index is 0.0538. The van der Waals surface area contributed by atoms with Gasteiger partial charge in [-0.15, -0.1) is 0 Å². The maximum absolute atomic E-state index is 12.5. The number of benzene rings is 3. The molecular weight excluding hydrogens is 468 g/mol. The van der Waals surface area contributed by atoms with Crippen LogP contribution >= 0.6 is 11.6 Å². The highest BCUT2D eigenvalue weighted by Gasteiger charge is 2.35. The van der Waals surface area contributed by atoms with Gasteiger partial charge in [-0.25, -0.2) is 4.79 Å². The van der Waals surface area contributed by atoms with Crippen LogP contribution in [0.3, 0.4) is 0 Å². The zero-order valence-corrected chi connectivity index (χ0v) is 19.4. The van der Waals surface area contributed by atoms with Crippen LogP contribution in [0.25, 0.3) is 11.1 Å². The molecule has 35 heavy (non-hydrogen) atoms. The second kappa shape index (κ2) is 9.43. The van der Waals surface area contributed by atoms with Gasteiger partial charge >= 0.3 is 12.1 Å². The summed E-state index contributed by atoms with van der Waals surface area (Å²) in [7, 11) is 0. The molecule has 0 radical (unpaired) electrons. The van der Waals surface area contributed by atoms with Crippen LogP contribution in [-0.4, -0.2) is 35.7 Å². The number of carbonyl (C=O) groups is 3. The van der Waals surface area contributed by atoms with Crippen molar-refractivity contribution in [1.29, 1.82) is 0 Å². The van der Waals surface area contributed by atoms with Gasteiger partial charge in [0.15, 0.2) is 0 Å². The van der Waals surface area contributed by atoms with Gasteiger partial charge in [-0.1, -0.05) is 60.1 Å². The Morgan fingerprint density at radius 1 is 0.943 bits per heavy atom. The van der Waals surface area contributed by atoms with Crippen molar-refractivity contribution in [1.82, 2.24) is 5.32 Å². The molecule has 0 saturated heterocycles. The number of ether oxygens (including phenoxy) is 1. The lowest BCUT2D eigenvalue weighted by Gasteiger charge is -2.32. The molecule has 0 heterocycles. The van der Waals surface area contributed by atoms with Crippen molar-refractivity contribution in [2.24, 2.45) is 5.92 Å². The van der Waals surface area contributed by atoms with Gasteiger partial charge in [-0.2, -0.15) is 0 Å². The Balaban J connectivity index is 1.19. The van der Waals surface area contributed by atoms with E-state index in [4.69, 9.17) is 21.4 Å². The lowest BCUT2D eigenvalue weighted by molar-refractivity contribution is -0.145.